The Balaban J connectivity index is 2.31. The van der Waals surface area contributed by atoms with Crippen LogP contribution in [0.25, 0.3) is 29.0 Å². The fraction of sp³-hybridized carbons (Fsp3) is 0.118. The van der Waals surface area contributed by atoms with E-state index in [9.17, 15) is 4.79 Å². The minimum absolute atomic E-state index is 0.318. The Bertz CT molecular complexity index is 838. The minimum atomic E-state index is 0.318. The Kier molecular flexibility index (Phi) is 1.87. The normalized spacial score (nSPS) is 16.1. The second-order valence-electron chi connectivity index (χ2n) is 4.91. The molecule has 2 aromatic rings. The Labute approximate surface area is 105 Å². The van der Waals surface area contributed by atoms with Gasteiger partial charge in [0.05, 0.1) is 0 Å². The summed E-state index contributed by atoms with van der Waals surface area (Å²) in [5.41, 5.74) is 2.51. The topological polar surface area (TPSA) is 17.1 Å². The summed E-state index contributed by atoms with van der Waals surface area (Å²) >= 11 is 0. The number of carbonyl (C=O) groups excluding carboxylic acids is 1. The monoisotopic (exact) mass is 232 g/mol. The van der Waals surface area contributed by atoms with Crippen LogP contribution in [-0.2, 0) is 11.2 Å². The smallest absolute Gasteiger partial charge is 0.141 e. The van der Waals surface area contributed by atoms with Crippen molar-refractivity contribution >= 4 is 34.8 Å². The Hall–Kier alpha value is -2.15. The molecule has 1 nitrogen and oxygen atoms in total. The van der Waals surface area contributed by atoms with Crippen LogP contribution in [0.15, 0.2) is 30.3 Å². The molecule has 86 valence electrons. The zero-order valence-corrected chi connectivity index (χ0v) is 9.94. The SMILES string of the molecule is O=C1CC=c2c(c3ccccc3c3c2=CC=C3)C1. The van der Waals surface area contributed by atoms with E-state index in [1.807, 2.05) is 0 Å². The van der Waals surface area contributed by atoms with Crippen LogP contribution in [-0.4, -0.2) is 5.78 Å². The largest absolute Gasteiger partial charge is 0.299 e. The van der Waals surface area contributed by atoms with E-state index in [-0.39, 0.29) is 0 Å². The second-order valence-corrected chi connectivity index (χ2v) is 4.91. The van der Waals surface area contributed by atoms with E-state index in [2.05, 4.69) is 48.6 Å². The third-order valence-electron chi connectivity index (χ3n) is 3.88. The highest BCUT2D eigenvalue weighted by Crippen LogP contribution is 2.22. The van der Waals surface area contributed by atoms with Crippen LogP contribution >= 0.6 is 0 Å². The fourth-order valence-electron chi connectivity index (χ4n) is 3.09. The Morgan fingerprint density at radius 1 is 1.00 bits per heavy atom. The van der Waals surface area contributed by atoms with Gasteiger partial charge in [-0.15, -0.1) is 0 Å². The molecule has 0 spiro atoms. The number of fused-ring (bicyclic) bond motifs is 6. The lowest BCUT2D eigenvalue weighted by Gasteiger charge is -2.14. The summed E-state index contributed by atoms with van der Waals surface area (Å²) in [5.74, 6) is 0.318. The molecule has 2 aliphatic carbocycles. The van der Waals surface area contributed by atoms with Crippen LogP contribution in [0.2, 0.25) is 0 Å². The highest BCUT2D eigenvalue weighted by atomic mass is 16.1. The van der Waals surface area contributed by atoms with Crippen LogP contribution < -0.4 is 10.4 Å². The van der Waals surface area contributed by atoms with E-state index in [0.29, 0.717) is 18.6 Å². The van der Waals surface area contributed by atoms with Gasteiger partial charge in [0.2, 0.25) is 0 Å². The molecule has 2 aliphatic rings. The number of carbonyl (C=O) groups is 1. The molecule has 0 radical (unpaired) electrons. The van der Waals surface area contributed by atoms with Gasteiger partial charge in [0.1, 0.15) is 5.78 Å². The summed E-state index contributed by atoms with van der Waals surface area (Å²) in [4.78, 5) is 11.7. The van der Waals surface area contributed by atoms with Gasteiger partial charge in [0, 0.05) is 12.8 Å². The zero-order valence-electron chi connectivity index (χ0n) is 9.94. The van der Waals surface area contributed by atoms with Gasteiger partial charge in [0.25, 0.3) is 0 Å². The van der Waals surface area contributed by atoms with Gasteiger partial charge in [-0.25, -0.2) is 0 Å². The molecule has 0 N–H and O–H groups in total. The van der Waals surface area contributed by atoms with Crippen LogP contribution in [0.3, 0.4) is 0 Å². The first-order valence-electron chi connectivity index (χ1n) is 6.28. The van der Waals surface area contributed by atoms with Gasteiger partial charge >= 0.3 is 0 Å². The average molecular weight is 232 g/mol. The van der Waals surface area contributed by atoms with E-state index in [1.54, 1.807) is 0 Å². The second kappa shape index (κ2) is 3.42. The summed E-state index contributed by atoms with van der Waals surface area (Å²) in [6, 6.07) is 8.40. The van der Waals surface area contributed by atoms with Crippen molar-refractivity contribution < 1.29 is 4.79 Å². The molecule has 18 heavy (non-hydrogen) atoms. The van der Waals surface area contributed by atoms with Crippen molar-refractivity contribution in [2.24, 2.45) is 0 Å². The van der Waals surface area contributed by atoms with E-state index < -0.39 is 0 Å². The molecule has 0 atom stereocenters. The Morgan fingerprint density at radius 2 is 1.83 bits per heavy atom. The van der Waals surface area contributed by atoms with Crippen molar-refractivity contribution in [2.75, 3.05) is 0 Å². The quantitative estimate of drug-likeness (QED) is 0.678. The first-order chi connectivity index (χ1) is 8.84. The molecular formula is C17H12O. The third kappa shape index (κ3) is 1.19. The number of ketones is 1. The van der Waals surface area contributed by atoms with E-state index in [0.717, 1.165) is 0 Å². The molecule has 0 saturated carbocycles. The van der Waals surface area contributed by atoms with Crippen LogP contribution in [0, 0.1) is 0 Å². The molecule has 0 saturated heterocycles. The number of allylic oxidation sites excluding steroid dienone is 1. The third-order valence-corrected chi connectivity index (χ3v) is 3.88. The van der Waals surface area contributed by atoms with Crippen molar-refractivity contribution in [3.8, 4) is 0 Å². The van der Waals surface area contributed by atoms with Crippen LogP contribution in [0.1, 0.15) is 17.5 Å². The van der Waals surface area contributed by atoms with Gasteiger partial charge in [-0.1, -0.05) is 48.6 Å². The van der Waals surface area contributed by atoms with Crippen molar-refractivity contribution in [1.82, 2.24) is 0 Å². The van der Waals surface area contributed by atoms with Crippen LogP contribution in [0.5, 0.6) is 0 Å². The standard InChI is InChI=1S/C17H12O/c18-11-8-9-16-14-7-3-6-13(14)12-4-1-2-5-15(12)17(16)10-11/h1-7,9H,8,10H2. The van der Waals surface area contributed by atoms with E-state index in [4.69, 9.17) is 0 Å². The summed E-state index contributed by atoms with van der Waals surface area (Å²) < 4.78 is 0. The molecule has 0 fully saturated rings. The predicted octanol–water partition coefficient (Wildman–Crippen LogP) is 1.94. The molecular weight excluding hydrogens is 220 g/mol. The van der Waals surface area contributed by atoms with Gasteiger partial charge < -0.3 is 0 Å². The molecule has 0 aliphatic heterocycles. The maximum absolute atomic E-state index is 11.7. The number of Topliss-reactive ketones (excluding diaryl/α,β-unsaturated/α-hetero) is 1. The minimum Gasteiger partial charge on any atom is -0.299 e. The highest BCUT2D eigenvalue weighted by Gasteiger charge is 2.16. The van der Waals surface area contributed by atoms with E-state index in [1.165, 1.54) is 32.3 Å². The first kappa shape index (κ1) is 9.84. The first-order valence-corrected chi connectivity index (χ1v) is 6.28. The maximum Gasteiger partial charge on any atom is 0.141 e. The maximum atomic E-state index is 11.7. The molecule has 1 heteroatoms. The summed E-state index contributed by atoms with van der Waals surface area (Å²) in [7, 11) is 0. The van der Waals surface area contributed by atoms with Crippen molar-refractivity contribution in [2.45, 2.75) is 12.8 Å². The van der Waals surface area contributed by atoms with Crippen LogP contribution in [0.4, 0.5) is 0 Å². The zero-order chi connectivity index (χ0) is 12.1. The molecule has 2 aromatic carbocycles. The molecule has 0 unspecified atom stereocenters. The summed E-state index contributed by atoms with van der Waals surface area (Å²) in [6.07, 6.45) is 9.67. The number of benzene rings is 2. The predicted molar refractivity (Wildman–Crippen MR) is 74.5 cm³/mol. The molecule has 0 bridgehead atoms. The summed E-state index contributed by atoms with van der Waals surface area (Å²) in [6.45, 7) is 0. The highest BCUT2D eigenvalue weighted by molar-refractivity contribution is 6.00. The Morgan fingerprint density at radius 3 is 2.72 bits per heavy atom. The van der Waals surface area contributed by atoms with Gasteiger partial charge in [-0.3, -0.25) is 4.79 Å². The lowest BCUT2D eigenvalue weighted by molar-refractivity contribution is -0.117. The van der Waals surface area contributed by atoms with Gasteiger partial charge in [-0.05, 0) is 32.3 Å². The summed E-state index contributed by atoms with van der Waals surface area (Å²) in [5, 5.41) is 5.05. The van der Waals surface area contributed by atoms with Gasteiger partial charge in [0.15, 0.2) is 0 Å². The van der Waals surface area contributed by atoms with Gasteiger partial charge in [-0.2, -0.15) is 0 Å². The number of hydrogen-bond donors (Lipinski definition) is 0. The fourth-order valence-corrected chi connectivity index (χ4v) is 3.09. The molecule has 0 aromatic heterocycles. The molecule has 0 heterocycles. The number of rotatable bonds is 0. The van der Waals surface area contributed by atoms with E-state index >= 15 is 0 Å². The molecule has 4 rings (SSSR count). The van der Waals surface area contributed by atoms with Crippen molar-refractivity contribution in [1.29, 1.82) is 0 Å². The lowest BCUT2D eigenvalue weighted by atomic mass is 9.89. The van der Waals surface area contributed by atoms with Crippen molar-refractivity contribution in [3.63, 3.8) is 0 Å². The average Bonchev–Trinajstić information content (AvgIpc) is 2.88. The van der Waals surface area contributed by atoms with Crippen molar-refractivity contribution in [3.05, 3.63) is 51.9 Å². The number of hydrogen-bond acceptors (Lipinski definition) is 1. The lowest BCUT2D eigenvalue weighted by Crippen LogP contribution is -2.34. The molecule has 0 amide bonds.